The predicted octanol–water partition coefficient (Wildman–Crippen LogP) is 0.680. The zero-order valence-electron chi connectivity index (χ0n) is 13.1. The number of esters is 1. The average Bonchev–Trinajstić information content (AvgIpc) is 2.33. The number of rotatable bonds is 4. The molecule has 0 aromatic rings. The summed E-state index contributed by atoms with van der Waals surface area (Å²) in [6.07, 6.45) is 0.614. The van der Waals surface area contributed by atoms with E-state index < -0.39 is 5.54 Å². The zero-order chi connectivity index (χ0) is 14.8. The summed E-state index contributed by atoms with van der Waals surface area (Å²) in [5, 5.41) is 0. The molecule has 0 radical (unpaired) electrons. The van der Waals surface area contributed by atoms with Crippen molar-refractivity contribution in [2.24, 2.45) is 5.73 Å². The molecule has 1 saturated heterocycles. The SMILES string of the molecule is COC(=O)C(C)(N)CC(C)N1CC(C)N(C)C(C)C1. The Morgan fingerprint density at radius 3 is 2.32 bits per heavy atom. The summed E-state index contributed by atoms with van der Waals surface area (Å²) in [4.78, 5) is 16.5. The highest BCUT2D eigenvalue weighted by Gasteiger charge is 2.35. The van der Waals surface area contributed by atoms with Gasteiger partial charge in [0.2, 0.25) is 0 Å². The first-order valence-electron chi connectivity index (χ1n) is 7.02. The fraction of sp³-hybridized carbons (Fsp3) is 0.929. The predicted molar refractivity (Wildman–Crippen MR) is 76.9 cm³/mol. The maximum atomic E-state index is 11.7. The van der Waals surface area contributed by atoms with Crippen LogP contribution in [0.5, 0.6) is 0 Å². The molecule has 5 nitrogen and oxygen atoms in total. The number of ether oxygens (including phenoxy) is 1. The van der Waals surface area contributed by atoms with Gasteiger partial charge >= 0.3 is 5.97 Å². The topological polar surface area (TPSA) is 58.8 Å². The molecular formula is C14H29N3O2. The molecule has 19 heavy (non-hydrogen) atoms. The van der Waals surface area contributed by atoms with Gasteiger partial charge in [0.05, 0.1) is 7.11 Å². The van der Waals surface area contributed by atoms with E-state index in [1.165, 1.54) is 7.11 Å². The van der Waals surface area contributed by atoms with Gasteiger partial charge in [-0.15, -0.1) is 0 Å². The fourth-order valence-electron chi connectivity index (χ4n) is 2.86. The average molecular weight is 271 g/mol. The number of hydrogen-bond donors (Lipinski definition) is 1. The van der Waals surface area contributed by atoms with E-state index in [0.717, 1.165) is 13.1 Å². The quantitative estimate of drug-likeness (QED) is 0.762. The van der Waals surface area contributed by atoms with Crippen LogP contribution in [0.4, 0.5) is 0 Å². The number of carbonyl (C=O) groups excluding carboxylic acids is 1. The van der Waals surface area contributed by atoms with Gasteiger partial charge in [-0.1, -0.05) is 0 Å². The molecule has 4 unspecified atom stereocenters. The molecule has 112 valence electrons. The largest absolute Gasteiger partial charge is 0.468 e. The molecule has 0 aromatic heterocycles. The summed E-state index contributed by atoms with van der Waals surface area (Å²) in [5.41, 5.74) is 5.15. The Morgan fingerprint density at radius 2 is 1.89 bits per heavy atom. The van der Waals surface area contributed by atoms with Crippen molar-refractivity contribution in [2.45, 2.75) is 57.8 Å². The molecule has 1 heterocycles. The number of nitrogens with zero attached hydrogens (tertiary/aromatic N) is 2. The lowest BCUT2D eigenvalue weighted by Crippen LogP contribution is -2.59. The Kier molecular flexibility index (Phi) is 5.35. The van der Waals surface area contributed by atoms with Crippen LogP contribution in [0.1, 0.15) is 34.1 Å². The molecule has 0 aromatic carbocycles. The van der Waals surface area contributed by atoms with E-state index in [9.17, 15) is 4.79 Å². The Bertz CT molecular complexity index is 308. The smallest absolute Gasteiger partial charge is 0.325 e. The summed E-state index contributed by atoms with van der Waals surface area (Å²) in [6.45, 7) is 10.4. The van der Waals surface area contributed by atoms with Crippen LogP contribution in [0, 0.1) is 0 Å². The van der Waals surface area contributed by atoms with Crippen LogP contribution in [0.2, 0.25) is 0 Å². The third kappa shape index (κ3) is 3.91. The van der Waals surface area contributed by atoms with Gasteiger partial charge in [-0.25, -0.2) is 0 Å². The van der Waals surface area contributed by atoms with Crippen molar-refractivity contribution < 1.29 is 9.53 Å². The number of methoxy groups -OCH3 is 1. The van der Waals surface area contributed by atoms with Gasteiger partial charge in [0.15, 0.2) is 0 Å². The van der Waals surface area contributed by atoms with E-state index >= 15 is 0 Å². The van der Waals surface area contributed by atoms with Crippen molar-refractivity contribution in [3.05, 3.63) is 0 Å². The van der Waals surface area contributed by atoms with E-state index in [4.69, 9.17) is 10.5 Å². The van der Waals surface area contributed by atoms with Gasteiger partial charge in [-0.05, 0) is 41.2 Å². The summed E-state index contributed by atoms with van der Waals surface area (Å²) >= 11 is 0. The van der Waals surface area contributed by atoms with Crippen LogP contribution in [0.15, 0.2) is 0 Å². The minimum atomic E-state index is -0.913. The van der Waals surface area contributed by atoms with Gasteiger partial charge in [-0.3, -0.25) is 14.6 Å². The monoisotopic (exact) mass is 271 g/mol. The minimum absolute atomic E-state index is 0.271. The molecule has 2 N–H and O–H groups in total. The first-order valence-corrected chi connectivity index (χ1v) is 7.02. The maximum Gasteiger partial charge on any atom is 0.325 e. The van der Waals surface area contributed by atoms with Crippen LogP contribution in [0.25, 0.3) is 0 Å². The standard InChI is InChI=1S/C14H29N3O2/c1-10(7-14(4,15)13(18)19-6)17-8-11(2)16(5)12(3)9-17/h10-12H,7-9,15H2,1-6H3. The van der Waals surface area contributed by atoms with Crippen molar-refractivity contribution >= 4 is 5.97 Å². The van der Waals surface area contributed by atoms with Gasteiger partial charge in [0.25, 0.3) is 0 Å². The van der Waals surface area contributed by atoms with E-state index in [1.807, 2.05) is 0 Å². The molecule has 1 aliphatic rings. The molecular weight excluding hydrogens is 242 g/mol. The molecule has 1 aliphatic heterocycles. The highest BCUT2D eigenvalue weighted by Crippen LogP contribution is 2.21. The zero-order valence-corrected chi connectivity index (χ0v) is 13.1. The number of hydrogen-bond acceptors (Lipinski definition) is 5. The van der Waals surface area contributed by atoms with Gasteiger partial charge in [-0.2, -0.15) is 0 Å². The molecule has 4 atom stereocenters. The summed E-state index contributed by atoms with van der Waals surface area (Å²) < 4.78 is 4.77. The molecule has 0 aliphatic carbocycles. The number of carbonyl (C=O) groups is 1. The first-order chi connectivity index (χ1) is 8.69. The molecule has 0 amide bonds. The third-order valence-electron chi connectivity index (χ3n) is 4.38. The van der Waals surface area contributed by atoms with E-state index in [1.54, 1.807) is 6.92 Å². The van der Waals surface area contributed by atoms with Gasteiger partial charge in [0.1, 0.15) is 5.54 Å². The Hall–Kier alpha value is -0.650. The summed E-state index contributed by atoms with van der Waals surface area (Å²) in [6, 6.07) is 1.31. The number of nitrogens with two attached hydrogens (primary N) is 1. The second kappa shape index (κ2) is 6.20. The summed E-state index contributed by atoms with van der Waals surface area (Å²) in [5.74, 6) is -0.338. The number of piperazine rings is 1. The van der Waals surface area contributed by atoms with Gasteiger partial charge < -0.3 is 10.5 Å². The second-order valence-electron chi connectivity index (χ2n) is 6.28. The lowest BCUT2D eigenvalue weighted by molar-refractivity contribution is -0.147. The lowest BCUT2D eigenvalue weighted by Gasteiger charge is -2.45. The molecule has 0 saturated carbocycles. The molecule has 0 spiro atoms. The van der Waals surface area contributed by atoms with Crippen LogP contribution >= 0.6 is 0 Å². The van der Waals surface area contributed by atoms with Crippen LogP contribution in [-0.2, 0) is 9.53 Å². The van der Waals surface area contributed by atoms with Crippen LogP contribution < -0.4 is 5.73 Å². The highest BCUT2D eigenvalue weighted by molar-refractivity contribution is 5.79. The minimum Gasteiger partial charge on any atom is -0.468 e. The third-order valence-corrected chi connectivity index (χ3v) is 4.38. The lowest BCUT2D eigenvalue weighted by atomic mass is 9.93. The Balaban J connectivity index is 2.63. The van der Waals surface area contributed by atoms with E-state index in [-0.39, 0.29) is 12.0 Å². The molecule has 1 fully saturated rings. The first kappa shape index (κ1) is 16.4. The normalized spacial score (nSPS) is 30.7. The summed E-state index contributed by atoms with van der Waals surface area (Å²) in [7, 11) is 3.55. The maximum absolute atomic E-state index is 11.7. The van der Waals surface area contributed by atoms with Crippen LogP contribution in [0.3, 0.4) is 0 Å². The highest BCUT2D eigenvalue weighted by atomic mass is 16.5. The van der Waals surface area contributed by atoms with Crippen molar-refractivity contribution in [1.82, 2.24) is 9.80 Å². The van der Waals surface area contributed by atoms with Crippen molar-refractivity contribution in [3.63, 3.8) is 0 Å². The second-order valence-corrected chi connectivity index (χ2v) is 6.28. The molecule has 5 heteroatoms. The van der Waals surface area contributed by atoms with Crippen molar-refractivity contribution in [1.29, 1.82) is 0 Å². The Labute approximate surface area is 117 Å². The molecule has 1 rings (SSSR count). The fourth-order valence-corrected chi connectivity index (χ4v) is 2.86. The van der Waals surface area contributed by atoms with Crippen molar-refractivity contribution in [3.8, 4) is 0 Å². The van der Waals surface area contributed by atoms with Crippen LogP contribution in [-0.4, -0.2) is 66.7 Å². The van der Waals surface area contributed by atoms with E-state index in [0.29, 0.717) is 18.5 Å². The van der Waals surface area contributed by atoms with E-state index in [2.05, 4.69) is 37.6 Å². The molecule has 0 bridgehead atoms. The van der Waals surface area contributed by atoms with Crippen molar-refractivity contribution in [2.75, 3.05) is 27.2 Å². The number of likely N-dealkylation sites (N-methyl/N-ethyl adjacent to an activating group) is 1. The van der Waals surface area contributed by atoms with Gasteiger partial charge in [0, 0.05) is 31.2 Å². The Morgan fingerprint density at radius 1 is 1.42 bits per heavy atom.